The van der Waals surface area contributed by atoms with E-state index >= 15 is 0 Å². The van der Waals surface area contributed by atoms with Gasteiger partial charge in [-0.05, 0) is 23.6 Å². The third-order valence-electron chi connectivity index (χ3n) is 2.69. The van der Waals surface area contributed by atoms with Gasteiger partial charge in [0, 0.05) is 10.9 Å². The van der Waals surface area contributed by atoms with Crippen molar-refractivity contribution in [2.75, 3.05) is 25.2 Å². The summed E-state index contributed by atoms with van der Waals surface area (Å²) >= 11 is 3.29. The summed E-state index contributed by atoms with van der Waals surface area (Å²) in [6.45, 7) is 7.72. The summed E-state index contributed by atoms with van der Waals surface area (Å²) in [7, 11) is 0. The molecular weight excluding hydrogens is 338 g/mol. The molecule has 21 heavy (non-hydrogen) atoms. The minimum atomic E-state index is -0.822. The zero-order chi connectivity index (χ0) is 15.9. The second kappa shape index (κ2) is 8.24. The molecule has 1 amide bonds. The molecule has 0 aromatic heterocycles. The van der Waals surface area contributed by atoms with Gasteiger partial charge in [0.1, 0.15) is 18.1 Å². The molecule has 0 radical (unpaired) electrons. The second-order valence-corrected chi connectivity index (χ2v) is 6.27. The largest absolute Gasteiger partial charge is 0.491 e. The van der Waals surface area contributed by atoms with E-state index in [4.69, 9.17) is 19.9 Å². The van der Waals surface area contributed by atoms with E-state index in [9.17, 15) is 4.79 Å². The van der Waals surface area contributed by atoms with Crippen LogP contribution in [0.4, 0.5) is 4.79 Å². The van der Waals surface area contributed by atoms with E-state index in [1.54, 1.807) is 12.1 Å². The number of rotatable bonds is 7. The fraction of sp³-hybridized carbons (Fsp3) is 0.533. The summed E-state index contributed by atoms with van der Waals surface area (Å²) < 4.78 is 16.0. The molecule has 0 aliphatic heterocycles. The van der Waals surface area contributed by atoms with Crippen molar-refractivity contribution in [2.24, 2.45) is 5.73 Å². The molecule has 6 heteroatoms. The Labute approximate surface area is 133 Å². The molecule has 5 nitrogen and oxygen atoms in total. The molecule has 1 rings (SSSR count). The van der Waals surface area contributed by atoms with Crippen molar-refractivity contribution in [2.45, 2.75) is 26.2 Å². The summed E-state index contributed by atoms with van der Waals surface area (Å²) in [5, 5.41) is 0.806. The van der Waals surface area contributed by atoms with Crippen molar-refractivity contribution in [3.8, 4) is 11.5 Å². The first-order chi connectivity index (χ1) is 9.84. The Bertz CT molecular complexity index is 471. The van der Waals surface area contributed by atoms with Crippen molar-refractivity contribution in [3.63, 3.8) is 0 Å². The van der Waals surface area contributed by atoms with Gasteiger partial charge in [-0.25, -0.2) is 4.79 Å². The zero-order valence-corrected chi connectivity index (χ0v) is 14.2. The minimum Gasteiger partial charge on any atom is -0.491 e. The van der Waals surface area contributed by atoms with E-state index in [1.165, 1.54) is 0 Å². The van der Waals surface area contributed by atoms with Gasteiger partial charge in [-0.2, -0.15) is 0 Å². The number of benzene rings is 1. The molecule has 0 aliphatic carbocycles. The smallest absolute Gasteiger partial charge is 0.409 e. The number of primary amides is 1. The van der Waals surface area contributed by atoms with E-state index < -0.39 is 6.09 Å². The highest BCUT2D eigenvalue weighted by Gasteiger charge is 2.21. The number of carbonyl (C=O) groups excluding carboxylic acids is 1. The maximum atomic E-state index is 11.0. The lowest BCUT2D eigenvalue weighted by Gasteiger charge is -2.22. The van der Waals surface area contributed by atoms with Crippen molar-refractivity contribution in [3.05, 3.63) is 23.8 Å². The van der Waals surface area contributed by atoms with Crippen LogP contribution < -0.4 is 15.2 Å². The maximum absolute atomic E-state index is 11.0. The number of nitrogens with two attached hydrogens (primary N) is 1. The summed E-state index contributed by atoms with van der Waals surface area (Å²) in [6.07, 6.45) is -0.822. The molecule has 0 bridgehead atoms. The lowest BCUT2D eigenvalue weighted by molar-refractivity contribution is 0.112. The van der Waals surface area contributed by atoms with Gasteiger partial charge in [-0.3, -0.25) is 0 Å². The monoisotopic (exact) mass is 359 g/mol. The van der Waals surface area contributed by atoms with Gasteiger partial charge in [0.25, 0.3) is 0 Å². The number of halogens is 1. The molecule has 0 unspecified atom stereocenters. The number of amides is 1. The van der Waals surface area contributed by atoms with Crippen LogP contribution in [0.3, 0.4) is 0 Å². The zero-order valence-electron chi connectivity index (χ0n) is 12.6. The standard InChI is InChI=1S/C15H22BrNO4/c1-15(2,3)12-10-11(20-9-8-19-7-6-16)4-5-13(12)21-14(17)18/h4-5,10H,6-9H2,1-3H3,(H2,17,18). The fourth-order valence-corrected chi connectivity index (χ4v) is 1.99. The van der Waals surface area contributed by atoms with E-state index in [0.29, 0.717) is 31.3 Å². The molecule has 0 saturated carbocycles. The van der Waals surface area contributed by atoms with Gasteiger partial charge < -0.3 is 19.9 Å². The van der Waals surface area contributed by atoms with Crippen LogP contribution >= 0.6 is 15.9 Å². The average molecular weight is 360 g/mol. The fourth-order valence-electron chi connectivity index (χ4n) is 1.76. The molecule has 0 aliphatic rings. The molecule has 0 heterocycles. The highest BCUT2D eigenvalue weighted by molar-refractivity contribution is 9.09. The van der Waals surface area contributed by atoms with Gasteiger partial charge in [-0.1, -0.05) is 36.7 Å². The summed E-state index contributed by atoms with van der Waals surface area (Å²) in [5.74, 6) is 1.16. The molecule has 0 spiro atoms. The first kappa shape index (κ1) is 17.8. The minimum absolute atomic E-state index is 0.198. The molecule has 118 valence electrons. The van der Waals surface area contributed by atoms with Crippen molar-refractivity contribution < 1.29 is 19.0 Å². The van der Waals surface area contributed by atoms with E-state index in [-0.39, 0.29) is 5.41 Å². The van der Waals surface area contributed by atoms with Crippen LogP contribution in [0, 0.1) is 0 Å². The van der Waals surface area contributed by atoms with E-state index in [0.717, 1.165) is 10.9 Å². The average Bonchev–Trinajstić information content (AvgIpc) is 2.38. The van der Waals surface area contributed by atoms with Gasteiger partial charge in [0.2, 0.25) is 0 Å². The maximum Gasteiger partial charge on any atom is 0.409 e. The SMILES string of the molecule is CC(C)(C)c1cc(OCCOCCBr)ccc1OC(N)=O. The highest BCUT2D eigenvalue weighted by Crippen LogP contribution is 2.34. The molecular formula is C15H22BrNO4. The predicted octanol–water partition coefficient (Wildman–Crippen LogP) is 3.23. The van der Waals surface area contributed by atoms with Crippen molar-refractivity contribution >= 4 is 22.0 Å². The first-order valence-electron chi connectivity index (χ1n) is 6.73. The highest BCUT2D eigenvalue weighted by atomic mass is 79.9. The van der Waals surface area contributed by atoms with E-state index in [2.05, 4.69) is 15.9 Å². The quantitative estimate of drug-likeness (QED) is 0.599. The molecule has 1 aromatic rings. The van der Waals surface area contributed by atoms with Crippen LogP contribution in [-0.4, -0.2) is 31.2 Å². The number of carbonyl (C=O) groups is 1. The van der Waals surface area contributed by atoms with Gasteiger partial charge in [0.05, 0.1) is 13.2 Å². The molecule has 2 N–H and O–H groups in total. The Kier molecular flexibility index (Phi) is 6.98. The van der Waals surface area contributed by atoms with Crippen LogP contribution in [0.2, 0.25) is 0 Å². The summed E-state index contributed by atoms with van der Waals surface area (Å²) in [4.78, 5) is 11.0. The lowest BCUT2D eigenvalue weighted by Crippen LogP contribution is -2.20. The Morgan fingerprint density at radius 2 is 1.95 bits per heavy atom. The van der Waals surface area contributed by atoms with Crippen LogP contribution in [0.15, 0.2) is 18.2 Å². The van der Waals surface area contributed by atoms with Crippen LogP contribution in [-0.2, 0) is 10.2 Å². The Morgan fingerprint density at radius 1 is 1.24 bits per heavy atom. The van der Waals surface area contributed by atoms with Gasteiger partial charge >= 0.3 is 6.09 Å². The van der Waals surface area contributed by atoms with Crippen molar-refractivity contribution in [1.29, 1.82) is 0 Å². The van der Waals surface area contributed by atoms with E-state index in [1.807, 2.05) is 26.8 Å². The lowest BCUT2D eigenvalue weighted by atomic mass is 9.86. The van der Waals surface area contributed by atoms with Crippen LogP contribution in [0.25, 0.3) is 0 Å². The Balaban J connectivity index is 2.77. The molecule has 0 saturated heterocycles. The predicted molar refractivity (Wildman–Crippen MR) is 85.5 cm³/mol. The Morgan fingerprint density at radius 3 is 2.52 bits per heavy atom. The first-order valence-corrected chi connectivity index (χ1v) is 7.85. The molecule has 1 aromatic carbocycles. The van der Waals surface area contributed by atoms with Crippen LogP contribution in [0.5, 0.6) is 11.5 Å². The molecule has 0 fully saturated rings. The number of hydrogen-bond donors (Lipinski definition) is 1. The van der Waals surface area contributed by atoms with Crippen LogP contribution in [0.1, 0.15) is 26.3 Å². The molecule has 0 atom stereocenters. The van der Waals surface area contributed by atoms with Gasteiger partial charge in [-0.15, -0.1) is 0 Å². The van der Waals surface area contributed by atoms with Crippen molar-refractivity contribution in [1.82, 2.24) is 0 Å². The van der Waals surface area contributed by atoms with Gasteiger partial charge in [0.15, 0.2) is 0 Å². The number of alkyl halides is 1. The topological polar surface area (TPSA) is 70.8 Å². The third-order valence-corrected chi connectivity index (χ3v) is 3.01. The summed E-state index contributed by atoms with van der Waals surface area (Å²) in [6, 6.07) is 5.31. The number of ether oxygens (including phenoxy) is 3. The number of hydrogen-bond acceptors (Lipinski definition) is 4. The normalized spacial score (nSPS) is 11.2. The second-order valence-electron chi connectivity index (χ2n) is 5.48. The summed E-state index contributed by atoms with van der Waals surface area (Å²) in [5.41, 5.74) is 5.75. The third kappa shape index (κ3) is 6.35. The Hall–Kier alpha value is -1.27.